The highest BCUT2D eigenvalue weighted by molar-refractivity contribution is 6.31. The van der Waals surface area contributed by atoms with E-state index in [-0.39, 0.29) is 0 Å². The van der Waals surface area contributed by atoms with Gasteiger partial charge in [-0.25, -0.2) is 4.98 Å². The van der Waals surface area contributed by atoms with Crippen LogP contribution >= 0.6 is 11.6 Å². The van der Waals surface area contributed by atoms with Crippen molar-refractivity contribution < 1.29 is 0 Å². The lowest BCUT2D eigenvalue weighted by Crippen LogP contribution is -2.41. The van der Waals surface area contributed by atoms with E-state index < -0.39 is 0 Å². The maximum Gasteiger partial charge on any atom is 0.123 e. The first kappa shape index (κ1) is 13.6. The summed E-state index contributed by atoms with van der Waals surface area (Å²) in [6.07, 6.45) is 2.40. The number of anilines is 1. The van der Waals surface area contributed by atoms with E-state index in [4.69, 9.17) is 17.3 Å². The third-order valence-corrected chi connectivity index (χ3v) is 3.99. The van der Waals surface area contributed by atoms with Crippen LogP contribution in [-0.2, 0) is 6.54 Å². The first-order chi connectivity index (χ1) is 8.56. The van der Waals surface area contributed by atoms with Crippen LogP contribution in [0.4, 0.5) is 5.82 Å². The molecule has 0 saturated carbocycles. The van der Waals surface area contributed by atoms with Crippen LogP contribution in [0.25, 0.3) is 0 Å². The molecule has 0 atom stereocenters. The maximum absolute atomic E-state index is 6.15. The zero-order chi connectivity index (χ0) is 13.1. The highest BCUT2D eigenvalue weighted by Gasteiger charge is 2.21. The van der Waals surface area contributed by atoms with Gasteiger partial charge < -0.3 is 10.6 Å². The molecule has 0 spiro atoms. The number of pyridine rings is 1. The Balaban J connectivity index is 1.98. The smallest absolute Gasteiger partial charge is 0.123 e. The molecule has 4 nitrogen and oxygen atoms in total. The van der Waals surface area contributed by atoms with Gasteiger partial charge in [0, 0.05) is 12.6 Å². The van der Waals surface area contributed by atoms with Crippen LogP contribution in [0.5, 0.6) is 0 Å². The first-order valence-corrected chi connectivity index (χ1v) is 6.73. The molecule has 0 aromatic carbocycles. The van der Waals surface area contributed by atoms with Gasteiger partial charge in [0.15, 0.2) is 0 Å². The lowest BCUT2D eigenvalue weighted by atomic mass is 10.0. The second-order valence-corrected chi connectivity index (χ2v) is 5.52. The number of nitrogens with zero attached hydrogens (tertiary/aromatic N) is 3. The van der Waals surface area contributed by atoms with Crippen LogP contribution in [0.2, 0.25) is 5.02 Å². The summed E-state index contributed by atoms with van der Waals surface area (Å²) in [5, 5.41) is 0.698. The van der Waals surface area contributed by atoms with Crippen LogP contribution in [-0.4, -0.2) is 48.0 Å². The molecule has 0 bridgehead atoms. The molecular weight excluding hydrogens is 248 g/mol. The monoisotopic (exact) mass is 268 g/mol. The molecule has 2 heterocycles. The van der Waals surface area contributed by atoms with Crippen molar-refractivity contribution >= 4 is 17.4 Å². The quantitative estimate of drug-likeness (QED) is 0.909. The molecule has 0 radical (unpaired) electrons. The zero-order valence-corrected chi connectivity index (χ0v) is 11.8. The summed E-state index contributed by atoms with van der Waals surface area (Å²) in [5.74, 6) is 0.533. The van der Waals surface area contributed by atoms with Crippen LogP contribution in [0.3, 0.4) is 0 Å². The molecule has 1 aromatic rings. The normalized spacial score (nSPS) is 18.4. The Morgan fingerprint density at radius 2 is 2.11 bits per heavy atom. The molecule has 0 amide bonds. The minimum atomic E-state index is 0.533. The molecular formula is C13H21ClN4. The summed E-state index contributed by atoms with van der Waals surface area (Å²) in [7, 11) is 4.31. The van der Waals surface area contributed by atoms with Gasteiger partial charge in [0.1, 0.15) is 5.82 Å². The van der Waals surface area contributed by atoms with Crippen molar-refractivity contribution in [1.29, 1.82) is 0 Å². The highest BCUT2D eigenvalue weighted by atomic mass is 35.5. The van der Waals surface area contributed by atoms with E-state index in [1.54, 1.807) is 6.07 Å². The summed E-state index contributed by atoms with van der Waals surface area (Å²) in [5.41, 5.74) is 6.58. The minimum absolute atomic E-state index is 0.533. The molecule has 18 heavy (non-hydrogen) atoms. The lowest BCUT2D eigenvalue weighted by molar-refractivity contribution is 0.138. The predicted molar refractivity (Wildman–Crippen MR) is 75.6 cm³/mol. The predicted octanol–water partition coefficient (Wildman–Crippen LogP) is 1.84. The van der Waals surface area contributed by atoms with Gasteiger partial charge >= 0.3 is 0 Å². The van der Waals surface area contributed by atoms with Gasteiger partial charge in [-0.2, -0.15) is 0 Å². The van der Waals surface area contributed by atoms with Crippen LogP contribution in [0.1, 0.15) is 18.5 Å². The molecule has 1 aliphatic heterocycles. The number of piperidine rings is 1. The van der Waals surface area contributed by atoms with Crippen LogP contribution in [0.15, 0.2) is 12.1 Å². The topological polar surface area (TPSA) is 45.4 Å². The second kappa shape index (κ2) is 5.87. The van der Waals surface area contributed by atoms with Crippen molar-refractivity contribution in [2.45, 2.75) is 25.4 Å². The van der Waals surface area contributed by atoms with Crippen LogP contribution < -0.4 is 5.73 Å². The van der Waals surface area contributed by atoms with Crippen molar-refractivity contribution in [1.82, 2.24) is 14.8 Å². The number of rotatable bonds is 3. The van der Waals surface area contributed by atoms with E-state index in [0.717, 1.165) is 25.3 Å². The van der Waals surface area contributed by atoms with E-state index in [1.165, 1.54) is 12.8 Å². The van der Waals surface area contributed by atoms with E-state index >= 15 is 0 Å². The Kier molecular flexibility index (Phi) is 4.43. The molecule has 1 fully saturated rings. The minimum Gasteiger partial charge on any atom is -0.384 e. The molecule has 1 aromatic heterocycles. The van der Waals surface area contributed by atoms with E-state index in [1.807, 2.05) is 6.07 Å². The SMILES string of the molecule is CN1CCC(N(C)Cc2nc(N)ccc2Cl)CC1. The van der Waals surface area contributed by atoms with Crippen molar-refractivity contribution in [2.24, 2.45) is 0 Å². The Morgan fingerprint density at radius 3 is 2.78 bits per heavy atom. The Labute approximate surface area is 114 Å². The molecule has 1 saturated heterocycles. The number of halogens is 1. The van der Waals surface area contributed by atoms with Crippen molar-refractivity contribution in [2.75, 3.05) is 32.9 Å². The van der Waals surface area contributed by atoms with E-state index in [9.17, 15) is 0 Å². The second-order valence-electron chi connectivity index (χ2n) is 5.11. The molecule has 5 heteroatoms. The van der Waals surface area contributed by atoms with Gasteiger partial charge in [-0.3, -0.25) is 4.90 Å². The molecule has 2 rings (SSSR count). The maximum atomic E-state index is 6.15. The summed E-state index contributed by atoms with van der Waals surface area (Å²) in [6, 6.07) is 4.17. The molecule has 0 unspecified atom stereocenters. The number of nitrogens with two attached hydrogens (primary N) is 1. The first-order valence-electron chi connectivity index (χ1n) is 6.36. The standard InChI is InChI=1S/C13H21ClN4/c1-17-7-5-10(6-8-17)18(2)9-12-11(14)3-4-13(15)16-12/h3-4,10H,5-9H2,1-2H3,(H2,15,16). The average molecular weight is 269 g/mol. The largest absolute Gasteiger partial charge is 0.384 e. The van der Waals surface area contributed by atoms with Gasteiger partial charge in [0.05, 0.1) is 10.7 Å². The Morgan fingerprint density at radius 1 is 1.44 bits per heavy atom. The summed E-state index contributed by atoms with van der Waals surface area (Å²) < 4.78 is 0. The fourth-order valence-electron chi connectivity index (χ4n) is 2.41. The van der Waals surface area contributed by atoms with Gasteiger partial charge in [0.2, 0.25) is 0 Å². The third kappa shape index (κ3) is 3.34. The van der Waals surface area contributed by atoms with Gasteiger partial charge in [-0.15, -0.1) is 0 Å². The Hall–Kier alpha value is -0.840. The number of nitrogen functional groups attached to an aromatic ring is 1. The highest BCUT2D eigenvalue weighted by Crippen LogP contribution is 2.20. The molecule has 100 valence electrons. The Bertz CT molecular complexity index is 402. The summed E-state index contributed by atoms with van der Waals surface area (Å²) in [4.78, 5) is 9.02. The average Bonchev–Trinajstić information content (AvgIpc) is 2.34. The fraction of sp³-hybridized carbons (Fsp3) is 0.615. The number of aromatic nitrogens is 1. The molecule has 1 aliphatic rings. The van der Waals surface area contributed by atoms with Gasteiger partial charge in [-0.05, 0) is 52.2 Å². The number of hydrogen-bond donors (Lipinski definition) is 1. The van der Waals surface area contributed by atoms with E-state index in [0.29, 0.717) is 16.9 Å². The van der Waals surface area contributed by atoms with E-state index in [2.05, 4.69) is 28.9 Å². The number of hydrogen-bond acceptors (Lipinski definition) is 4. The number of likely N-dealkylation sites (tertiary alicyclic amines) is 1. The zero-order valence-electron chi connectivity index (χ0n) is 11.1. The summed E-state index contributed by atoms with van der Waals surface area (Å²) in [6.45, 7) is 3.08. The summed E-state index contributed by atoms with van der Waals surface area (Å²) >= 11 is 6.15. The third-order valence-electron chi connectivity index (χ3n) is 3.65. The van der Waals surface area contributed by atoms with Crippen molar-refractivity contribution in [3.8, 4) is 0 Å². The lowest BCUT2D eigenvalue weighted by Gasteiger charge is -2.35. The fourth-order valence-corrected chi connectivity index (χ4v) is 2.58. The van der Waals surface area contributed by atoms with Gasteiger partial charge in [-0.1, -0.05) is 11.6 Å². The van der Waals surface area contributed by atoms with Crippen molar-refractivity contribution in [3.63, 3.8) is 0 Å². The van der Waals surface area contributed by atoms with Crippen molar-refractivity contribution in [3.05, 3.63) is 22.8 Å². The van der Waals surface area contributed by atoms with Crippen LogP contribution in [0, 0.1) is 0 Å². The molecule has 0 aliphatic carbocycles. The molecule has 2 N–H and O–H groups in total. The van der Waals surface area contributed by atoms with Gasteiger partial charge in [0.25, 0.3) is 0 Å².